The first-order valence-corrected chi connectivity index (χ1v) is 12.2. The zero-order valence-electron chi connectivity index (χ0n) is 22.1. The van der Waals surface area contributed by atoms with E-state index in [9.17, 15) is 13.6 Å². The smallest absolute Gasteiger partial charge is 0.251 e. The van der Waals surface area contributed by atoms with Crippen LogP contribution in [0.2, 0.25) is 0 Å². The van der Waals surface area contributed by atoms with Gasteiger partial charge in [-0.05, 0) is 78.9 Å². The number of halogens is 2. The average Bonchev–Trinajstić information content (AvgIpc) is 2.86. The molecule has 2 N–H and O–H groups in total. The van der Waals surface area contributed by atoms with E-state index in [4.69, 9.17) is 0 Å². The van der Waals surface area contributed by atoms with Gasteiger partial charge in [-0.1, -0.05) is 52.5 Å². The minimum atomic E-state index is -0.673. The third-order valence-corrected chi connectivity index (χ3v) is 4.94. The predicted octanol–water partition coefficient (Wildman–Crippen LogP) is 7.74. The SMILES string of the molecule is C=C(/C=C\C)Nc1cc(Cc2cccc(C(=O)NCc3cc(F)cc(F)c3)c2C)ccn1.CC.CC. The van der Waals surface area contributed by atoms with Gasteiger partial charge in [-0.25, -0.2) is 13.8 Å². The maximum absolute atomic E-state index is 13.4. The number of allylic oxidation sites excluding steroid dienone is 2. The highest BCUT2D eigenvalue weighted by Gasteiger charge is 2.13. The molecule has 36 heavy (non-hydrogen) atoms. The van der Waals surface area contributed by atoms with E-state index in [-0.39, 0.29) is 12.5 Å². The summed E-state index contributed by atoms with van der Waals surface area (Å²) >= 11 is 0. The van der Waals surface area contributed by atoms with E-state index in [0.29, 0.717) is 23.4 Å². The summed E-state index contributed by atoms with van der Waals surface area (Å²) in [5.74, 6) is -0.950. The molecule has 0 atom stereocenters. The molecular weight excluding hydrogens is 456 g/mol. The lowest BCUT2D eigenvalue weighted by Crippen LogP contribution is -2.24. The van der Waals surface area contributed by atoms with Crippen molar-refractivity contribution in [3.63, 3.8) is 0 Å². The molecule has 3 rings (SSSR count). The van der Waals surface area contributed by atoms with E-state index in [1.54, 1.807) is 12.3 Å². The summed E-state index contributed by atoms with van der Waals surface area (Å²) in [6.07, 6.45) is 6.10. The fourth-order valence-electron chi connectivity index (χ4n) is 3.39. The van der Waals surface area contributed by atoms with Gasteiger partial charge in [-0.2, -0.15) is 0 Å². The quantitative estimate of drug-likeness (QED) is 0.316. The topological polar surface area (TPSA) is 54.0 Å². The van der Waals surface area contributed by atoms with Crippen LogP contribution in [0.25, 0.3) is 0 Å². The first-order valence-electron chi connectivity index (χ1n) is 12.2. The third-order valence-electron chi connectivity index (χ3n) is 4.94. The number of rotatable bonds is 8. The van der Waals surface area contributed by atoms with Crippen LogP contribution in [0.3, 0.4) is 0 Å². The van der Waals surface area contributed by atoms with Crippen molar-refractivity contribution in [3.05, 3.63) is 119 Å². The lowest BCUT2D eigenvalue weighted by atomic mass is 9.96. The van der Waals surface area contributed by atoms with E-state index in [1.165, 1.54) is 12.1 Å². The largest absolute Gasteiger partial charge is 0.348 e. The molecule has 6 heteroatoms. The number of nitrogens with one attached hydrogen (secondary N) is 2. The Balaban J connectivity index is 0.00000154. The molecule has 0 spiro atoms. The van der Waals surface area contributed by atoms with E-state index in [2.05, 4.69) is 22.2 Å². The number of anilines is 1. The standard InChI is InChI=1S/C26H25F2N3O.2C2H6/c1-4-6-17(2)31-25-14-19(9-10-29-25)11-21-7-5-8-24(18(21)3)26(32)30-16-20-12-22(27)15-23(28)13-20;2*1-2/h4-10,12-15H,2,11,16H2,1,3H3,(H,29,31)(H,30,32);2*1-2H3/b6-4-;;. The Morgan fingerprint density at radius 1 is 1.00 bits per heavy atom. The molecule has 192 valence electrons. The van der Waals surface area contributed by atoms with Crippen molar-refractivity contribution in [2.45, 2.75) is 54.5 Å². The number of benzene rings is 2. The molecule has 0 aliphatic rings. The van der Waals surface area contributed by atoms with Crippen LogP contribution in [0.15, 0.2) is 79.2 Å². The highest BCUT2D eigenvalue weighted by atomic mass is 19.1. The zero-order chi connectivity index (χ0) is 27.1. The highest BCUT2D eigenvalue weighted by Crippen LogP contribution is 2.20. The molecular formula is C30H37F2N3O. The van der Waals surface area contributed by atoms with Gasteiger partial charge in [0.05, 0.1) is 0 Å². The lowest BCUT2D eigenvalue weighted by Gasteiger charge is -2.13. The number of carbonyl (C=O) groups excluding carboxylic acids is 1. The first-order chi connectivity index (χ1) is 17.4. The second kappa shape index (κ2) is 16.0. The van der Waals surface area contributed by atoms with Gasteiger partial charge in [0.25, 0.3) is 5.91 Å². The van der Waals surface area contributed by atoms with E-state index in [0.717, 1.165) is 28.5 Å². The molecule has 3 aromatic rings. The fourth-order valence-corrected chi connectivity index (χ4v) is 3.39. The number of carbonyl (C=O) groups is 1. The van der Waals surface area contributed by atoms with Gasteiger partial charge in [-0.15, -0.1) is 0 Å². The molecule has 0 unspecified atom stereocenters. The summed E-state index contributed by atoms with van der Waals surface area (Å²) in [5, 5.41) is 5.88. The van der Waals surface area contributed by atoms with Crippen LogP contribution in [0.4, 0.5) is 14.6 Å². The van der Waals surface area contributed by atoms with Crippen molar-refractivity contribution in [2.24, 2.45) is 0 Å². The van der Waals surface area contributed by atoms with Gasteiger partial charge < -0.3 is 10.6 Å². The molecule has 4 nitrogen and oxygen atoms in total. The van der Waals surface area contributed by atoms with Gasteiger partial charge in [0.15, 0.2) is 0 Å². The summed E-state index contributed by atoms with van der Waals surface area (Å²) in [7, 11) is 0. The number of hydrogen-bond acceptors (Lipinski definition) is 3. The van der Waals surface area contributed by atoms with Crippen LogP contribution < -0.4 is 10.6 Å². The Labute approximate surface area is 214 Å². The lowest BCUT2D eigenvalue weighted by molar-refractivity contribution is 0.0950. The van der Waals surface area contributed by atoms with Crippen LogP contribution >= 0.6 is 0 Å². The molecule has 2 aromatic carbocycles. The molecule has 1 aromatic heterocycles. The number of pyridine rings is 1. The molecule has 0 fully saturated rings. The van der Waals surface area contributed by atoms with Crippen LogP contribution in [-0.4, -0.2) is 10.9 Å². The van der Waals surface area contributed by atoms with Gasteiger partial charge >= 0.3 is 0 Å². The summed E-state index contributed by atoms with van der Waals surface area (Å²) in [4.78, 5) is 17.0. The number of nitrogens with zero attached hydrogens (tertiary/aromatic N) is 1. The summed E-state index contributed by atoms with van der Waals surface area (Å²) < 4.78 is 26.7. The van der Waals surface area contributed by atoms with Gasteiger partial charge in [0.1, 0.15) is 17.5 Å². The number of hydrogen-bond donors (Lipinski definition) is 2. The summed E-state index contributed by atoms with van der Waals surface area (Å²) in [5.41, 5.74) is 4.50. The van der Waals surface area contributed by atoms with Gasteiger partial charge in [0.2, 0.25) is 0 Å². The first kappa shape index (κ1) is 30.2. The maximum Gasteiger partial charge on any atom is 0.251 e. The number of amides is 1. The van der Waals surface area contributed by atoms with Crippen molar-refractivity contribution >= 4 is 11.7 Å². The highest BCUT2D eigenvalue weighted by molar-refractivity contribution is 5.95. The Morgan fingerprint density at radius 2 is 1.67 bits per heavy atom. The molecule has 0 radical (unpaired) electrons. The van der Waals surface area contributed by atoms with E-state index < -0.39 is 11.6 Å². The van der Waals surface area contributed by atoms with Gasteiger partial charge in [-0.3, -0.25) is 4.79 Å². The van der Waals surface area contributed by atoms with Crippen molar-refractivity contribution in [1.82, 2.24) is 10.3 Å². The normalized spacial score (nSPS) is 10.0. The second-order valence-corrected chi connectivity index (χ2v) is 7.43. The second-order valence-electron chi connectivity index (χ2n) is 7.43. The van der Waals surface area contributed by atoms with Crippen LogP contribution in [-0.2, 0) is 13.0 Å². The van der Waals surface area contributed by atoms with Crippen molar-refractivity contribution in [1.29, 1.82) is 0 Å². The van der Waals surface area contributed by atoms with Crippen molar-refractivity contribution in [2.75, 3.05) is 5.32 Å². The molecule has 0 saturated carbocycles. The molecule has 0 bridgehead atoms. The Hall–Kier alpha value is -3.80. The predicted molar refractivity (Wildman–Crippen MR) is 146 cm³/mol. The summed E-state index contributed by atoms with van der Waals surface area (Å²) in [6.45, 7) is 15.8. The van der Waals surface area contributed by atoms with E-state index >= 15 is 0 Å². The third kappa shape index (κ3) is 9.45. The Morgan fingerprint density at radius 3 is 2.31 bits per heavy atom. The molecule has 0 aliphatic carbocycles. The fraction of sp³-hybridized carbons (Fsp3) is 0.267. The van der Waals surface area contributed by atoms with Crippen LogP contribution in [0, 0.1) is 18.6 Å². The molecule has 0 aliphatic heterocycles. The number of aromatic nitrogens is 1. The Bertz CT molecular complexity index is 1150. The van der Waals surface area contributed by atoms with Crippen molar-refractivity contribution < 1.29 is 13.6 Å². The van der Waals surface area contributed by atoms with Gasteiger partial charge in [0, 0.05) is 30.1 Å². The Kier molecular flexibility index (Phi) is 13.4. The minimum absolute atomic E-state index is 0.0344. The zero-order valence-corrected chi connectivity index (χ0v) is 22.1. The van der Waals surface area contributed by atoms with Crippen LogP contribution in [0.5, 0.6) is 0 Å². The van der Waals surface area contributed by atoms with E-state index in [1.807, 2.05) is 78.0 Å². The molecule has 1 amide bonds. The van der Waals surface area contributed by atoms with Crippen LogP contribution in [0.1, 0.15) is 67.2 Å². The molecule has 0 saturated heterocycles. The van der Waals surface area contributed by atoms with Crippen molar-refractivity contribution in [3.8, 4) is 0 Å². The monoisotopic (exact) mass is 493 g/mol. The minimum Gasteiger partial charge on any atom is -0.348 e. The summed E-state index contributed by atoms with van der Waals surface area (Å²) in [6, 6.07) is 12.6. The molecule has 1 heterocycles. The maximum atomic E-state index is 13.4. The average molecular weight is 494 g/mol.